The number of fused-ring (bicyclic) bond motifs is 1. The molecule has 106 valence electrons. The SMILES string of the molecule is COc1ccc(C)cc1NC(=O)c1ccnc2ccnn12. The van der Waals surface area contributed by atoms with Crippen molar-refractivity contribution in [1.82, 2.24) is 14.6 Å². The fourth-order valence-electron chi connectivity index (χ4n) is 2.11. The van der Waals surface area contributed by atoms with E-state index in [0.29, 0.717) is 22.8 Å². The van der Waals surface area contributed by atoms with Crippen molar-refractivity contribution in [3.05, 3.63) is 54.0 Å². The number of amides is 1. The standard InChI is InChI=1S/C15H14N4O2/c1-10-3-4-13(21-2)11(9-10)18-15(20)12-5-7-16-14-6-8-17-19(12)14/h3-9H,1-2H3,(H,18,20). The molecule has 1 amide bonds. The Kier molecular flexibility index (Phi) is 3.27. The Bertz CT molecular complexity index is 810. The maximum Gasteiger partial charge on any atom is 0.274 e. The molecule has 0 saturated heterocycles. The molecule has 0 spiro atoms. The lowest BCUT2D eigenvalue weighted by Gasteiger charge is -2.11. The Hall–Kier alpha value is -2.89. The zero-order chi connectivity index (χ0) is 14.8. The van der Waals surface area contributed by atoms with Crippen molar-refractivity contribution >= 4 is 17.2 Å². The van der Waals surface area contributed by atoms with Crippen LogP contribution in [0, 0.1) is 6.92 Å². The number of nitrogens with one attached hydrogen (secondary N) is 1. The number of ether oxygens (including phenoxy) is 1. The molecule has 0 aliphatic heterocycles. The van der Waals surface area contributed by atoms with Gasteiger partial charge in [0.05, 0.1) is 19.0 Å². The minimum absolute atomic E-state index is 0.269. The van der Waals surface area contributed by atoms with Gasteiger partial charge >= 0.3 is 0 Å². The Morgan fingerprint density at radius 1 is 1.24 bits per heavy atom. The highest BCUT2D eigenvalue weighted by molar-refractivity contribution is 6.04. The normalized spacial score (nSPS) is 10.6. The van der Waals surface area contributed by atoms with E-state index >= 15 is 0 Å². The number of hydrogen-bond donors (Lipinski definition) is 1. The zero-order valence-corrected chi connectivity index (χ0v) is 11.7. The minimum Gasteiger partial charge on any atom is -0.495 e. The van der Waals surface area contributed by atoms with Gasteiger partial charge in [0, 0.05) is 12.3 Å². The average molecular weight is 282 g/mol. The number of methoxy groups -OCH3 is 1. The van der Waals surface area contributed by atoms with Gasteiger partial charge in [-0.15, -0.1) is 0 Å². The van der Waals surface area contributed by atoms with Crippen molar-refractivity contribution in [1.29, 1.82) is 0 Å². The van der Waals surface area contributed by atoms with E-state index in [9.17, 15) is 4.79 Å². The number of rotatable bonds is 3. The van der Waals surface area contributed by atoms with E-state index in [4.69, 9.17) is 4.74 Å². The van der Waals surface area contributed by atoms with Crippen molar-refractivity contribution in [3.8, 4) is 5.75 Å². The lowest BCUT2D eigenvalue weighted by atomic mass is 10.2. The van der Waals surface area contributed by atoms with Gasteiger partial charge in [0.2, 0.25) is 0 Å². The average Bonchev–Trinajstić information content (AvgIpc) is 2.95. The fourth-order valence-corrected chi connectivity index (χ4v) is 2.11. The summed E-state index contributed by atoms with van der Waals surface area (Å²) >= 11 is 0. The van der Waals surface area contributed by atoms with Gasteiger partial charge in [-0.25, -0.2) is 9.50 Å². The molecule has 1 N–H and O–H groups in total. The molecule has 0 unspecified atom stereocenters. The van der Waals surface area contributed by atoms with Crippen LogP contribution >= 0.6 is 0 Å². The number of benzene rings is 1. The summed E-state index contributed by atoms with van der Waals surface area (Å²) in [6, 6.07) is 8.97. The molecule has 6 nitrogen and oxygen atoms in total. The highest BCUT2D eigenvalue weighted by Crippen LogP contribution is 2.25. The maximum atomic E-state index is 12.5. The number of carbonyl (C=O) groups excluding carboxylic acids is 1. The summed E-state index contributed by atoms with van der Waals surface area (Å²) < 4.78 is 6.76. The molecule has 2 heterocycles. The van der Waals surface area contributed by atoms with Gasteiger partial charge in [0.25, 0.3) is 5.91 Å². The van der Waals surface area contributed by atoms with Gasteiger partial charge in [-0.3, -0.25) is 4.79 Å². The number of anilines is 1. The van der Waals surface area contributed by atoms with Gasteiger partial charge in [0.15, 0.2) is 5.65 Å². The van der Waals surface area contributed by atoms with Crippen LogP contribution in [0.15, 0.2) is 42.7 Å². The van der Waals surface area contributed by atoms with E-state index in [1.165, 1.54) is 4.52 Å². The number of aryl methyl sites for hydroxylation is 1. The van der Waals surface area contributed by atoms with E-state index in [-0.39, 0.29) is 5.91 Å². The molecular weight excluding hydrogens is 268 g/mol. The fraction of sp³-hybridized carbons (Fsp3) is 0.133. The van der Waals surface area contributed by atoms with Gasteiger partial charge < -0.3 is 10.1 Å². The number of hydrogen-bond acceptors (Lipinski definition) is 4. The van der Waals surface area contributed by atoms with Crippen LogP contribution in [0.25, 0.3) is 5.65 Å². The molecule has 0 atom stereocenters. The summed E-state index contributed by atoms with van der Waals surface area (Å²) in [6.45, 7) is 1.95. The zero-order valence-electron chi connectivity index (χ0n) is 11.7. The van der Waals surface area contributed by atoms with Crippen molar-refractivity contribution in [2.75, 3.05) is 12.4 Å². The summed E-state index contributed by atoms with van der Waals surface area (Å²) in [7, 11) is 1.57. The first-order valence-corrected chi connectivity index (χ1v) is 6.44. The summed E-state index contributed by atoms with van der Waals surface area (Å²) in [5.41, 5.74) is 2.69. The van der Waals surface area contributed by atoms with Crippen LogP contribution in [0.4, 0.5) is 5.69 Å². The topological polar surface area (TPSA) is 68.5 Å². The molecular formula is C15H14N4O2. The minimum atomic E-state index is -0.269. The largest absolute Gasteiger partial charge is 0.495 e. The van der Waals surface area contributed by atoms with Crippen LogP contribution in [0.1, 0.15) is 16.1 Å². The third kappa shape index (κ3) is 2.43. The highest BCUT2D eigenvalue weighted by Gasteiger charge is 2.13. The van der Waals surface area contributed by atoms with E-state index in [0.717, 1.165) is 5.56 Å². The Morgan fingerprint density at radius 2 is 2.10 bits per heavy atom. The number of aromatic nitrogens is 3. The van der Waals surface area contributed by atoms with Crippen LogP contribution in [-0.2, 0) is 0 Å². The number of carbonyl (C=O) groups is 1. The summed E-state index contributed by atoms with van der Waals surface area (Å²) in [4.78, 5) is 16.6. The van der Waals surface area contributed by atoms with Crippen LogP contribution < -0.4 is 10.1 Å². The molecule has 0 radical (unpaired) electrons. The van der Waals surface area contributed by atoms with E-state index in [1.54, 1.807) is 31.6 Å². The highest BCUT2D eigenvalue weighted by atomic mass is 16.5. The molecule has 2 aromatic heterocycles. The summed E-state index contributed by atoms with van der Waals surface area (Å²) in [6.07, 6.45) is 3.19. The van der Waals surface area contributed by atoms with Crippen molar-refractivity contribution in [2.24, 2.45) is 0 Å². The van der Waals surface area contributed by atoms with Gasteiger partial charge in [0.1, 0.15) is 11.4 Å². The summed E-state index contributed by atoms with van der Waals surface area (Å²) in [5.74, 6) is 0.342. The molecule has 21 heavy (non-hydrogen) atoms. The van der Waals surface area contributed by atoms with Crippen molar-refractivity contribution < 1.29 is 9.53 Å². The molecule has 0 aliphatic carbocycles. The van der Waals surface area contributed by atoms with Crippen LogP contribution in [0.5, 0.6) is 5.75 Å². The van der Waals surface area contributed by atoms with Crippen molar-refractivity contribution in [3.63, 3.8) is 0 Å². The van der Waals surface area contributed by atoms with E-state index in [1.807, 2.05) is 25.1 Å². The Labute approximate surface area is 121 Å². The van der Waals surface area contributed by atoms with E-state index < -0.39 is 0 Å². The molecule has 6 heteroatoms. The van der Waals surface area contributed by atoms with Crippen LogP contribution in [0.3, 0.4) is 0 Å². The van der Waals surface area contributed by atoms with Gasteiger partial charge in [-0.1, -0.05) is 6.07 Å². The third-order valence-electron chi connectivity index (χ3n) is 3.13. The van der Waals surface area contributed by atoms with E-state index in [2.05, 4.69) is 15.4 Å². The van der Waals surface area contributed by atoms with Gasteiger partial charge in [-0.05, 0) is 30.7 Å². The molecule has 1 aromatic carbocycles. The van der Waals surface area contributed by atoms with Gasteiger partial charge in [-0.2, -0.15) is 5.10 Å². The Morgan fingerprint density at radius 3 is 2.90 bits per heavy atom. The predicted octanol–water partition coefficient (Wildman–Crippen LogP) is 2.30. The second-order valence-electron chi connectivity index (χ2n) is 4.59. The van der Waals surface area contributed by atoms with Crippen LogP contribution in [-0.4, -0.2) is 27.6 Å². The first kappa shape index (κ1) is 13.1. The molecule has 0 aliphatic rings. The molecule has 0 saturated carbocycles. The first-order valence-electron chi connectivity index (χ1n) is 6.44. The van der Waals surface area contributed by atoms with Crippen LogP contribution in [0.2, 0.25) is 0 Å². The first-order chi connectivity index (χ1) is 10.2. The lowest BCUT2D eigenvalue weighted by Crippen LogP contribution is -2.17. The smallest absolute Gasteiger partial charge is 0.274 e. The lowest BCUT2D eigenvalue weighted by molar-refractivity contribution is 0.101. The molecule has 0 fully saturated rings. The molecule has 3 aromatic rings. The van der Waals surface area contributed by atoms with Crippen molar-refractivity contribution in [2.45, 2.75) is 6.92 Å². The maximum absolute atomic E-state index is 12.5. The third-order valence-corrected chi connectivity index (χ3v) is 3.13. The summed E-state index contributed by atoms with van der Waals surface area (Å²) in [5, 5.41) is 6.95. The monoisotopic (exact) mass is 282 g/mol. The quantitative estimate of drug-likeness (QED) is 0.800. The Balaban J connectivity index is 1.97. The number of nitrogens with zero attached hydrogens (tertiary/aromatic N) is 3. The predicted molar refractivity (Wildman–Crippen MR) is 78.7 cm³/mol. The second-order valence-corrected chi connectivity index (χ2v) is 4.59. The molecule has 3 rings (SSSR count). The second kappa shape index (κ2) is 5.24. The molecule has 0 bridgehead atoms.